The quantitative estimate of drug-likeness (QED) is 0.368. The maximum atomic E-state index is 13.5. The van der Waals surface area contributed by atoms with E-state index in [2.05, 4.69) is 26.6 Å². The molecule has 0 aromatic heterocycles. The molecule has 32 heavy (non-hydrogen) atoms. The van der Waals surface area contributed by atoms with E-state index in [0.29, 0.717) is 24.9 Å². The highest BCUT2D eigenvalue weighted by Gasteiger charge is 2.65. The van der Waals surface area contributed by atoms with E-state index in [-0.39, 0.29) is 11.9 Å². The summed E-state index contributed by atoms with van der Waals surface area (Å²) in [7, 11) is 0. The number of hydrogen-bond donors (Lipinski definition) is 1. The van der Waals surface area contributed by atoms with Crippen molar-refractivity contribution in [1.82, 2.24) is 10.2 Å². The molecule has 0 radical (unpaired) electrons. The fourth-order valence-electron chi connectivity index (χ4n) is 4.15. The minimum Gasteiger partial charge on any atom is -0.421 e. The third kappa shape index (κ3) is 6.49. The molecule has 0 aliphatic carbocycles. The van der Waals surface area contributed by atoms with Gasteiger partial charge in [-0.3, -0.25) is 4.79 Å². The standard InChI is InChI=1S/C23H32F4N2O3/c1-2-3-4-5-6-9-21(30)28-18(16-29-12-7-8-13-29)14-17-10-11-19-20(15-17)32-23(26,27)22(24,25)31-19/h10-11,15,18H,2-9,12-14,16H2,1H3,(H,28,30)/t18-/m0/s1. The molecule has 0 bridgehead atoms. The number of unbranched alkanes of at least 4 members (excludes halogenated alkanes) is 4. The molecule has 5 nitrogen and oxygen atoms in total. The minimum absolute atomic E-state index is 0.0329. The third-order valence-corrected chi connectivity index (χ3v) is 5.86. The van der Waals surface area contributed by atoms with E-state index in [4.69, 9.17) is 0 Å². The van der Waals surface area contributed by atoms with Crippen molar-refractivity contribution in [2.75, 3.05) is 19.6 Å². The number of nitrogens with one attached hydrogen (secondary N) is 1. The minimum atomic E-state index is -4.75. The van der Waals surface area contributed by atoms with Gasteiger partial charge < -0.3 is 19.7 Å². The molecule has 0 saturated carbocycles. The lowest BCUT2D eigenvalue weighted by Crippen LogP contribution is -2.52. The first kappa shape index (κ1) is 24.6. The molecule has 3 rings (SSSR count). The number of carbonyl (C=O) groups is 1. The van der Waals surface area contributed by atoms with E-state index in [9.17, 15) is 22.4 Å². The molecular weight excluding hydrogens is 428 g/mol. The summed E-state index contributed by atoms with van der Waals surface area (Å²) >= 11 is 0. The topological polar surface area (TPSA) is 50.8 Å². The molecule has 1 saturated heterocycles. The van der Waals surface area contributed by atoms with Crippen molar-refractivity contribution in [2.45, 2.75) is 83.0 Å². The zero-order valence-corrected chi connectivity index (χ0v) is 18.5. The van der Waals surface area contributed by atoms with Crippen LogP contribution < -0.4 is 14.8 Å². The lowest BCUT2D eigenvalue weighted by molar-refractivity contribution is -0.391. The number of amides is 1. The molecule has 0 unspecified atom stereocenters. The SMILES string of the molecule is CCCCCCCC(=O)N[C@@H](Cc1ccc2c(c1)OC(F)(F)C(F)(F)O2)CN1CCCC1. The van der Waals surface area contributed by atoms with Gasteiger partial charge in [0.1, 0.15) is 0 Å². The predicted octanol–water partition coefficient (Wildman–Crippen LogP) is 5.13. The van der Waals surface area contributed by atoms with Gasteiger partial charge in [-0.1, -0.05) is 38.7 Å². The van der Waals surface area contributed by atoms with Gasteiger partial charge in [-0.05, 0) is 56.5 Å². The normalized spacial score (nSPS) is 20.2. The lowest BCUT2D eigenvalue weighted by atomic mass is 10.0. The van der Waals surface area contributed by atoms with Crippen LogP contribution in [0.15, 0.2) is 18.2 Å². The van der Waals surface area contributed by atoms with Gasteiger partial charge in [0.2, 0.25) is 5.91 Å². The zero-order chi connectivity index (χ0) is 23.2. The fourth-order valence-corrected chi connectivity index (χ4v) is 4.15. The van der Waals surface area contributed by atoms with Crippen LogP contribution in [-0.4, -0.2) is 48.7 Å². The Balaban J connectivity index is 1.63. The van der Waals surface area contributed by atoms with Crippen LogP contribution in [0.4, 0.5) is 17.6 Å². The van der Waals surface area contributed by atoms with Crippen molar-refractivity contribution in [2.24, 2.45) is 0 Å². The number of ether oxygens (including phenoxy) is 2. The number of alkyl halides is 4. The van der Waals surface area contributed by atoms with Crippen molar-refractivity contribution in [1.29, 1.82) is 0 Å². The van der Waals surface area contributed by atoms with Crippen LogP contribution in [0.2, 0.25) is 0 Å². The van der Waals surface area contributed by atoms with Gasteiger partial charge in [0, 0.05) is 19.0 Å². The molecule has 0 spiro atoms. The average Bonchev–Trinajstić information content (AvgIpc) is 3.21. The molecule has 180 valence electrons. The number of likely N-dealkylation sites (tertiary alicyclic amines) is 1. The van der Waals surface area contributed by atoms with Crippen molar-refractivity contribution in [3.63, 3.8) is 0 Å². The first-order valence-electron chi connectivity index (χ1n) is 11.5. The Morgan fingerprint density at radius 3 is 2.38 bits per heavy atom. The first-order valence-corrected chi connectivity index (χ1v) is 11.5. The molecule has 1 aromatic carbocycles. The molecule has 1 N–H and O–H groups in total. The number of benzene rings is 1. The Labute approximate surface area is 186 Å². The Hall–Kier alpha value is -2.03. The van der Waals surface area contributed by atoms with Crippen LogP contribution in [0.25, 0.3) is 0 Å². The summed E-state index contributed by atoms with van der Waals surface area (Å²) in [5, 5.41) is 3.07. The van der Waals surface area contributed by atoms with Crippen molar-refractivity contribution in [3.8, 4) is 11.5 Å². The Kier molecular flexibility index (Phi) is 8.25. The number of hydrogen-bond acceptors (Lipinski definition) is 4. The molecule has 1 aromatic rings. The van der Waals surface area contributed by atoms with Crippen LogP contribution in [0, 0.1) is 0 Å². The van der Waals surface area contributed by atoms with E-state index < -0.39 is 23.7 Å². The summed E-state index contributed by atoms with van der Waals surface area (Å²) in [5.74, 6) is -0.896. The Morgan fingerprint density at radius 2 is 1.69 bits per heavy atom. The Bertz CT molecular complexity index is 770. The van der Waals surface area contributed by atoms with Crippen LogP contribution in [-0.2, 0) is 11.2 Å². The second-order valence-corrected chi connectivity index (χ2v) is 8.66. The summed E-state index contributed by atoms with van der Waals surface area (Å²) in [5.41, 5.74) is 0.598. The van der Waals surface area contributed by atoms with Crippen molar-refractivity contribution < 1.29 is 31.8 Å². The molecule has 2 aliphatic heterocycles. The number of halogens is 4. The van der Waals surface area contributed by atoms with Crippen molar-refractivity contribution >= 4 is 5.91 Å². The van der Waals surface area contributed by atoms with Crippen LogP contribution >= 0.6 is 0 Å². The molecule has 2 heterocycles. The van der Waals surface area contributed by atoms with E-state index in [1.807, 2.05) is 0 Å². The summed E-state index contributed by atoms with van der Waals surface area (Å²) in [6.07, 6.45) is -1.20. The number of carbonyl (C=O) groups excluding carboxylic acids is 1. The van der Waals surface area contributed by atoms with E-state index in [1.165, 1.54) is 18.2 Å². The van der Waals surface area contributed by atoms with E-state index >= 15 is 0 Å². The van der Waals surface area contributed by atoms with Gasteiger partial charge in [-0.25, -0.2) is 0 Å². The van der Waals surface area contributed by atoms with Gasteiger partial charge in [-0.15, -0.1) is 0 Å². The Morgan fingerprint density at radius 1 is 1.03 bits per heavy atom. The maximum absolute atomic E-state index is 13.5. The van der Waals surface area contributed by atoms with Crippen LogP contribution in [0.3, 0.4) is 0 Å². The predicted molar refractivity (Wildman–Crippen MR) is 112 cm³/mol. The first-order chi connectivity index (χ1) is 15.2. The van der Waals surface area contributed by atoms with Gasteiger partial charge >= 0.3 is 12.2 Å². The van der Waals surface area contributed by atoms with Gasteiger partial charge in [0.15, 0.2) is 11.5 Å². The van der Waals surface area contributed by atoms with Gasteiger partial charge in [0.25, 0.3) is 0 Å². The molecule has 1 amide bonds. The monoisotopic (exact) mass is 460 g/mol. The highest BCUT2D eigenvalue weighted by Crippen LogP contribution is 2.47. The summed E-state index contributed by atoms with van der Waals surface area (Å²) < 4.78 is 62.2. The van der Waals surface area contributed by atoms with Crippen LogP contribution in [0.5, 0.6) is 11.5 Å². The number of rotatable bonds is 11. The number of nitrogens with zero attached hydrogens (tertiary/aromatic N) is 1. The van der Waals surface area contributed by atoms with E-state index in [0.717, 1.165) is 58.0 Å². The summed E-state index contributed by atoms with van der Waals surface area (Å²) in [6.45, 7) is 4.68. The highest BCUT2D eigenvalue weighted by molar-refractivity contribution is 5.76. The highest BCUT2D eigenvalue weighted by atomic mass is 19.3. The van der Waals surface area contributed by atoms with Crippen LogP contribution in [0.1, 0.15) is 63.9 Å². The molecular formula is C23H32F4N2O3. The summed E-state index contributed by atoms with van der Waals surface area (Å²) in [4.78, 5) is 14.7. The third-order valence-electron chi connectivity index (χ3n) is 5.86. The molecule has 1 fully saturated rings. The molecule has 9 heteroatoms. The second kappa shape index (κ2) is 10.7. The van der Waals surface area contributed by atoms with E-state index in [1.54, 1.807) is 0 Å². The number of fused-ring (bicyclic) bond motifs is 1. The van der Waals surface area contributed by atoms with Gasteiger partial charge in [0.05, 0.1) is 0 Å². The second-order valence-electron chi connectivity index (χ2n) is 8.66. The maximum Gasteiger partial charge on any atom is 0.507 e. The lowest BCUT2D eigenvalue weighted by Gasteiger charge is -2.32. The summed E-state index contributed by atoms with van der Waals surface area (Å²) in [6, 6.07) is 3.80. The average molecular weight is 461 g/mol. The zero-order valence-electron chi connectivity index (χ0n) is 18.5. The smallest absolute Gasteiger partial charge is 0.421 e. The molecule has 1 atom stereocenters. The molecule has 2 aliphatic rings. The largest absolute Gasteiger partial charge is 0.507 e. The van der Waals surface area contributed by atoms with Gasteiger partial charge in [-0.2, -0.15) is 17.6 Å². The fraction of sp³-hybridized carbons (Fsp3) is 0.696. The van der Waals surface area contributed by atoms with Crippen molar-refractivity contribution in [3.05, 3.63) is 23.8 Å².